The quantitative estimate of drug-likeness (QED) is 0.543. The molecule has 0 aliphatic heterocycles. The summed E-state index contributed by atoms with van der Waals surface area (Å²) in [6.45, 7) is 0. The van der Waals surface area contributed by atoms with Gasteiger partial charge in [-0.25, -0.2) is 0 Å². The maximum atomic E-state index is 5.05. The van der Waals surface area contributed by atoms with E-state index in [4.69, 9.17) is 10.8 Å². The van der Waals surface area contributed by atoms with Crippen LogP contribution in [0.25, 0.3) is 0 Å². The first-order chi connectivity index (χ1) is 4.43. The number of hydrogen-bond donors (Lipinski definition) is 0. The van der Waals surface area contributed by atoms with Gasteiger partial charge in [0.2, 0.25) is 0 Å². The average molecular weight is 120 g/mol. The van der Waals surface area contributed by atoms with Crippen LogP contribution in [0.15, 0.2) is 22.8 Å². The summed E-state index contributed by atoms with van der Waals surface area (Å²) < 4.78 is 5.04. The molecule has 0 unspecified atom stereocenters. The van der Waals surface area contributed by atoms with E-state index in [1.165, 1.54) is 0 Å². The standard InChI is InChI=1S/C8H8O/c1-2-3-5-8-6-4-7-9-8/h1,4,6-7H,3,5H2. The van der Waals surface area contributed by atoms with Crippen LogP contribution in [-0.2, 0) is 6.42 Å². The maximum absolute atomic E-state index is 5.05. The SMILES string of the molecule is C#CCCc1ccco1. The molecule has 0 aliphatic rings. The Morgan fingerprint density at radius 2 is 2.56 bits per heavy atom. The smallest absolute Gasteiger partial charge is 0.104 e. The fraction of sp³-hybridized carbons (Fsp3) is 0.250. The number of aryl methyl sites for hydroxylation is 1. The summed E-state index contributed by atoms with van der Waals surface area (Å²) in [5.41, 5.74) is 0. The van der Waals surface area contributed by atoms with Crippen LogP contribution in [-0.4, -0.2) is 0 Å². The minimum atomic E-state index is 0.757. The highest BCUT2D eigenvalue weighted by atomic mass is 16.3. The third-order valence-corrected chi connectivity index (χ3v) is 1.10. The third kappa shape index (κ3) is 1.65. The van der Waals surface area contributed by atoms with Gasteiger partial charge in [-0.1, -0.05) is 0 Å². The summed E-state index contributed by atoms with van der Waals surface area (Å²) >= 11 is 0. The van der Waals surface area contributed by atoms with E-state index < -0.39 is 0 Å². The first-order valence-electron chi connectivity index (χ1n) is 2.89. The first kappa shape index (κ1) is 5.97. The second-order valence-corrected chi connectivity index (χ2v) is 1.78. The molecule has 0 aromatic carbocycles. The fourth-order valence-electron chi connectivity index (χ4n) is 0.650. The van der Waals surface area contributed by atoms with Crippen LogP contribution in [0.4, 0.5) is 0 Å². The Labute approximate surface area is 54.7 Å². The van der Waals surface area contributed by atoms with E-state index >= 15 is 0 Å². The van der Waals surface area contributed by atoms with Crippen LogP contribution in [0.5, 0.6) is 0 Å². The van der Waals surface area contributed by atoms with E-state index in [-0.39, 0.29) is 0 Å². The molecule has 0 bridgehead atoms. The summed E-state index contributed by atoms with van der Waals surface area (Å²) in [4.78, 5) is 0. The lowest BCUT2D eigenvalue weighted by Gasteiger charge is -1.85. The molecule has 0 amide bonds. The molecule has 0 aliphatic carbocycles. The van der Waals surface area contributed by atoms with Crippen LogP contribution < -0.4 is 0 Å². The van der Waals surface area contributed by atoms with Gasteiger partial charge in [0.1, 0.15) is 5.76 Å². The van der Waals surface area contributed by atoms with Gasteiger partial charge in [0.25, 0.3) is 0 Å². The van der Waals surface area contributed by atoms with E-state index in [1.54, 1.807) is 6.26 Å². The molecule has 0 atom stereocenters. The van der Waals surface area contributed by atoms with Crippen molar-refractivity contribution in [1.29, 1.82) is 0 Å². The summed E-state index contributed by atoms with van der Waals surface area (Å²) in [6.07, 6.45) is 8.32. The fourth-order valence-corrected chi connectivity index (χ4v) is 0.650. The minimum Gasteiger partial charge on any atom is -0.469 e. The maximum Gasteiger partial charge on any atom is 0.104 e. The predicted molar refractivity (Wildman–Crippen MR) is 35.9 cm³/mol. The van der Waals surface area contributed by atoms with Crippen molar-refractivity contribution in [3.8, 4) is 12.3 Å². The average Bonchev–Trinajstić information content (AvgIpc) is 2.34. The normalized spacial score (nSPS) is 8.78. The Balaban J connectivity index is 2.41. The first-order valence-corrected chi connectivity index (χ1v) is 2.89. The van der Waals surface area contributed by atoms with E-state index in [0.717, 1.165) is 18.6 Å². The molecular formula is C8H8O. The lowest BCUT2D eigenvalue weighted by atomic mass is 10.3. The Bertz CT molecular complexity index is 191. The topological polar surface area (TPSA) is 13.1 Å². The van der Waals surface area contributed by atoms with E-state index in [2.05, 4.69) is 5.92 Å². The van der Waals surface area contributed by atoms with Crippen molar-refractivity contribution < 1.29 is 4.42 Å². The lowest BCUT2D eigenvalue weighted by Crippen LogP contribution is -1.76. The number of terminal acetylenes is 1. The highest BCUT2D eigenvalue weighted by Gasteiger charge is 1.90. The van der Waals surface area contributed by atoms with Gasteiger partial charge in [-0.05, 0) is 12.1 Å². The zero-order valence-electron chi connectivity index (χ0n) is 5.13. The van der Waals surface area contributed by atoms with Gasteiger partial charge in [-0.3, -0.25) is 0 Å². The second-order valence-electron chi connectivity index (χ2n) is 1.78. The molecule has 1 heteroatoms. The van der Waals surface area contributed by atoms with Crippen molar-refractivity contribution in [2.75, 3.05) is 0 Å². The van der Waals surface area contributed by atoms with Crippen LogP contribution >= 0.6 is 0 Å². The summed E-state index contributed by atoms with van der Waals surface area (Å²) in [7, 11) is 0. The number of furan rings is 1. The van der Waals surface area contributed by atoms with Gasteiger partial charge < -0.3 is 4.42 Å². The van der Waals surface area contributed by atoms with Crippen LogP contribution in [0.2, 0.25) is 0 Å². The van der Waals surface area contributed by atoms with Crippen LogP contribution in [0.3, 0.4) is 0 Å². The van der Waals surface area contributed by atoms with Gasteiger partial charge in [0.05, 0.1) is 6.26 Å². The lowest BCUT2D eigenvalue weighted by molar-refractivity contribution is 0.511. The molecule has 1 heterocycles. The highest BCUT2D eigenvalue weighted by Crippen LogP contribution is 2.01. The van der Waals surface area contributed by atoms with Crippen LogP contribution in [0, 0.1) is 12.3 Å². The Morgan fingerprint density at radius 1 is 1.67 bits per heavy atom. The largest absolute Gasteiger partial charge is 0.469 e. The zero-order valence-corrected chi connectivity index (χ0v) is 5.13. The van der Waals surface area contributed by atoms with E-state index in [1.807, 2.05) is 12.1 Å². The summed E-state index contributed by atoms with van der Waals surface area (Å²) in [5, 5.41) is 0. The molecule has 1 rings (SSSR count). The highest BCUT2D eigenvalue weighted by molar-refractivity contribution is 5.00. The molecule has 0 fully saturated rings. The molecule has 0 saturated carbocycles. The van der Waals surface area contributed by atoms with Gasteiger partial charge in [0.15, 0.2) is 0 Å². The zero-order chi connectivity index (χ0) is 6.53. The van der Waals surface area contributed by atoms with Crippen molar-refractivity contribution in [3.05, 3.63) is 24.2 Å². The molecule has 9 heavy (non-hydrogen) atoms. The number of rotatable bonds is 2. The van der Waals surface area contributed by atoms with Crippen molar-refractivity contribution in [3.63, 3.8) is 0 Å². The molecular weight excluding hydrogens is 112 g/mol. The molecule has 0 radical (unpaired) electrons. The Morgan fingerprint density at radius 3 is 3.11 bits per heavy atom. The molecule has 0 spiro atoms. The molecule has 1 aromatic rings. The van der Waals surface area contributed by atoms with E-state index in [9.17, 15) is 0 Å². The molecule has 1 nitrogen and oxygen atoms in total. The molecule has 0 saturated heterocycles. The summed E-state index contributed by atoms with van der Waals surface area (Å²) in [6, 6.07) is 3.79. The molecule has 1 aromatic heterocycles. The molecule has 46 valence electrons. The molecule has 0 N–H and O–H groups in total. The van der Waals surface area contributed by atoms with Gasteiger partial charge in [-0.2, -0.15) is 0 Å². The van der Waals surface area contributed by atoms with Gasteiger partial charge >= 0.3 is 0 Å². The van der Waals surface area contributed by atoms with Crippen LogP contribution in [0.1, 0.15) is 12.2 Å². The monoisotopic (exact) mass is 120 g/mol. The van der Waals surface area contributed by atoms with E-state index in [0.29, 0.717) is 0 Å². The van der Waals surface area contributed by atoms with Crippen molar-refractivity contribution in [2.24, 2.45) is 0 Å². The van der Waals surface area contributed by atoms with Crippen molar-refractivity contribution in [1.82, 2.24) is 0 Å². The van der Waals surface area contributed by atoms with Crippen molar-refractivity contribution in [2.45, 2.75) is 12.8 Å². The third-order valence-electron chi connectivity index (χ3n) is 1.10. The summed E-state index contributed by atoms with van der Waals surface area (Å²) in [5.74, 6) is 3.51. The van der Waals surface area contributed by atoms with Gasteiger partial charge in [-0.15, -0.1) is 12.3 Å². The predicted octanol–water partition coefficient (Wildman–Crippen LogP) is 1.85. The Kier molecular flexibility index (Phi) is 1.98. The number of hydrogen-bond acceptors (Lipinski definition) is 1. The Hall–Kier alpha value is -1.16. The second kappa shape index (κ2) is 2.99. The minimum absolute atomic E-state index is 0.757. The van der Waals surface area contributed by atoms with Crippen molar-refractivity contribution >= 4 is 0 Å². The van der Waals surface area contributed by atoms with Gasteiger partial charge in [0, 0.05) is 12.8 Å².